The zero-order valence-corrected chi connectivity index (χ0v) is 18.6. The highest BCUT2D eigenvalue weighted by Crippen LogP contribution is 2.35. The fraction of sp³-hybridized carbons (Fsp3) is 0.650. The summed E-state index contributed by atoms with van der Waals surface area (Å²) in [4.78, 5) is 15.5. The predicted molar refractivity (Wildman–Crippen MR) is 120 cm³/mol. The van der Waals surface area contributed by atoms with Crippen LogP contribution in [0, 0.1) is 0 Å². The van der Waals surface area contributed by atoms with Crippen molar-refractivity contribution in [3.63, 3.8) is 0 Å². The van der Waals surface area contributed by atoms with Crippen LogP contribution in [0.5, 0.6) is 0 Å². The predicted octanol–water partition coefficient (Wildman–Crippen LogP) is 3.57. The maximum atomic E-state index is 12.9. The normalized spacial score (nSPS) is 21.9. The van der Waals surface area contributed by atoms with E-state index in [9.17, 15) is 4.79 Å². The molecule has 3 rings (SSSR count). The van der Waals surface area contributed by atoms with Gasteiger partial charge in [-0.3, -0.25) is 9.69 Å². The monoisotopic (exact) mass is 433 g/mol. The van der Waals surface area contributed by atoms with Crippen LogP contribution >= 0.6 is 36.6 Å². The molecule has 1 aromatic rings. The lowest BCUT2D eigenvalue weighted by Gasteiger charge is -2.48. The number of carbonyl (C=O) groups excluding carboxylic acids is 1. The van der Waals surface area contributed by atoms with Gasteiger partial charge in [0, 0.05) is 36.7 Å². The Morgan fingerprint density at radius 1 is 1.15 bits per heavy atom. The van der Waals surface area contributed by atoms with Gasteiger partial charge in [-0.25, -0.2) is 0 Å². The number of hydrogen-bond donors (Lipinski definition) is 2. The van der Waals surface area contributed by atoms with E-state index in [1.807, 2.05) is 49.0 Å². The molecule has 4 nitrogen and oxygen atoms in total. The Kier molecular flexibility index (Phi) is 9.93. The molecular formula is C20H33Cl2N3OS. The number of thioether (sulfide) groups is 1. The first-order valence-corrected chi connectivity index (χ1v) is 10.7. The van der Waals surface area contributed by atoms with Gasteiger partial charge in [0.05, 0.1) is 0 Å². The summed E-state index contributed by atoms with van der Waals surface area (Å²) >= 11 is 2.04. The van der Waals surface area contributed by atoms with Crippen molar-refractivity contribution in [3.8, 4) is 0 Å². The molecule has 1 saturated heterocycles. The SMILES string of the molecule is CC(N)(C(=O)NCC1(N2CCSCC2)CCCCC1)c1ccccc1.Cl.Cl. The topological polar surface area (TPSA) is 58.4 Å². The van der Waals surface area contributed by atoms with Crippen molar-refractivity contribution in [2.45, 2.75) is 50.1 Å². The van der Waals surface area contributed by atoms with Gasteiger partial charge in [0.15, 0.2) is 0 Å². The van der Waals surface area contributed by atoms with Crippen LogP contribution in [-0.2, 0) is 10.3 Å². The number of rotatable bonds is 5. The summed E-state index contributed by atoms with van der Waals surface area (Å²) in [7, 11) is 0. The van der Waals surface area contributed by atoms with Crippen LogP contribution in [0.3, 0.4) is 0 Å². The fourth-order valence-electron chi connectivity index (χ4n) is 4.20. The minimum atomic E-state index is -0.991. The van der Waals surface area contributed by atoms with Gasteiger partial charge in [-0.1, -0.05) is 49.6 Å². The molecule has 1 amide bonds. The third-order valence-electron chi connectivity index (χ3n) is 5.89. The number of benzene rings is 1. The van der Waals surface area contributed by atoms with E-state index in [1.54, 1.807) is 0 Å². The van der Waals surface area contributed by atoms with Crippen LogP contribution in [0.4, 0.5) is 0 Å². The molecule has 1 aliphatic carbocycles. The highest BCUT2D eigenvalue weighted by atomic mass is 35.5. The minimum absolute atomic E-state index is 0. The number of nitrogens with zero attached hydrogens (tertiary/aromatic N) is 1. The number of amides is 1. The van der Waals surface area contributed by atoms with E-state index in [4.69, 9.17) is 5.73 Å². The number of halogens is 2. The highest BCUT2D eigenvalue weighted by molar-refractivity contribution is 7.99. The molecule has 2 aliphatic rings. The summed E-state index contributed by atoms with van der Waals surface area (Å²) in [5.74, 6) is 2.33. The summed E-state index contributed by atoms with van der Waals surface area (Å²) in [6, 6.07) is 9.67. The van der Waals surface area contributed by atoms with Gasteiger partial charge in [0.2, 0.25) is 5.91 Å². The van der Waals surface area contributed by atoms with Gasteiger partial charge < -0.3 is 11.1 Å². The van der Waals surface area contributed by atoms with Crippen molar-refractivity contribution < 1.29 is 4.79 Å². The number of carbonyl (C=O) groups is 1. The van der Waals surface area contributed by atoms with Crippen LogP contribution in [0.1, 0.15) is 44.6 Å². The lowest BCUT2D eigenvalue weighted by atomic mass is 9.79. The first-order chi connectivity index (χ1) is 12.0. The zero-order chi connectivity index (χ0) is 17.8. The molecule has 27 heavy (non-hydrogen) atoms. The summed E-state index contributed by atoms with van der Waals surface area (Å²) < 4.78 is 0. The lowest BCUT2D eigenvalue weighted by Crippen LogP contribution is -2.61. The molecule has 1 saturated carbocycles. The Hall–Kier alpha value is -0.460. The summed E-state index contributed by atoms with van der Waals surface area (Å²) in [6.07, 6.45) is 6.21. The van der Waals surface area contributed by atoms with Crippen molar-refractivity contribution in [3.05, 3.63) is 35.9 Å². The summed E-state index contributed by atoms with van der Waals surface area (Å²) in [5.41, 5.74) is 6.39. The molecule has 0 spiro atoms. The molecule has 1 unspecified atom stereocenters. The van der Waals surface area contributed by atoms with E-state index < -0.39 is 5.54 Å². The molecule has 1 atom stereocenters. The van der Waals surface area contributed by atoms with Crippen molar-refractivity contribution in [1.29, 1.82) is 0 Å². The van der Waals surface area contributed by atoms with E-state index in [0.717, 1.165) is 25.2 Å². The van der Waals surface area contributed by atoms with E-state index in [2.05, 4.69) is 10.2 Å². The van der Waals surface area contributed by atoms with E-state index in [0.29, 0.717) is 0 Å². The van der Waals surface area contributed by atoms with Gasteiger partial charge in [0.1, 0.15) is 5.54 Å². The second kappa shape index (κ2) is 10.9. The van der Waals surface area contributed by atoms with Crippen molar-refractivity contribution in [1.82, 2.24) is 10.2 Å². The van der Waals surface area contributed by atoms with Crippen LogP contribution in [0.2, 0.25) is 0 Å². The maximum absolute atomic E-state index is 12.9. The average molecular weight is 434 g/mol. The Bertz CT molecular complexity index is 574. The first-order valence-electron chi connectivity index (χ1n) is 9.50. The van der Waals surface area contributed by atoms with Gasteiger partial charge in [-0.2, -0.15) is 11.8 Å². The Labute approximate surface area is 180 Å². The van der Waals surface area contributed by atoms with Crippen LogP contribution in [0.15, 0.2) is 30.3 Å². The highest BCUT2D eigenvalue weighted by Gasteiger charge is 2.40. The van der Waals surface area contributed by atoms with Crippen LogP contribution < -0.4 is 11.1 Å². The zero-order valence-electron chi connectivity index (χ0n) is 16.1. The van der Waals surface area contributed by atoms with Gasteiger partial charge in [-0.15, -0.1) is 24.8 Å². The van der Waals surface area contributed by atoms with Crippen molar-refractivity contribution in [2.75, 3.05) is 31.1 Å². The summed E-state index contributed by atoms with van der Waals surface area (Å²) in [5, 5.41) is 3.22. The molecule has 1 heterocycles. The number of nitrogens with two attached hydrogens (primary N) is 1. The molecule has 0 radical (unpaired) electrons. The molecule has 1 aliphatic heterocycles. The van der Waals surface area contributed by atoms with E-state index in [1.165, 1.54) is 43.6 Å². The standard InChI is InChI=1S/C20H31N3OS.2ClH/c1-19(21,17-8-4-2-5-9-17)18(24)22-16-20(10-6-3-7-11-20)23-12-14-25-15-13-23;;/h2,4-5,8-9H,3,6-7,10-16,21H2,1H3,(H,22,24);2*1H. The van der Waals surface area contributed by atoms with E-state index >= 15 is 0 Å². The van der Waals surface area contributed by atoms with Crippen LogP contribution in [0.25, 0.3) is 0 Å². The molecule has 154 valence electrons. The molecule has 1 aromatic carbocycles. The average Bonchev–Trinajstić information content (AvgIpc) is 2.68. The van der Waals surface area contributed by atoms with Crippen LogP contribution in [-0.4, -0.2) is 47.5 Å². The Morgan fingerprint density at radius 2 is 1.74 bits per heavy atom. The second-order valence-electron chi connectivity index (χ2n) is 7.64. The largest absolute Gasteiger partial charge is 0.352 e. The Balaban J connectivity index is 0.00000182. The third kappa shape index (κ3) is 5.77. The summed E-state index contributed by atoms with van der Waals surface area (Å²) in [6.45, 7) is 4.80. The molecule has 3 N–H and O–H groups in total. The Morgan fingerprint density at radius 3 is 2.33 bits per heavy atom. The first kappa shape index (κ1) is 24.6. The molecule has 0 aromatic heterocycles. The quantitative estimate of drug-likeness (QED) is 0.744. The number of hydrogen-bond acceptors (Lipinski definition) is 4. The second-order valence-corrected chi connectivity index (χ2v) is 8.86. The van der Waals surface area contributed by atoms with Gasteiger partial charge >= 0.3 is 0 Å². The molecule has 0 bridgehead atoms. The van der Waals surface area contributed by atoms with Crippen molar-refractivity contribution in [2.24, 2.45) is 5.73 Å². The smallest absolute Gasteiger partial charge is 0.244 e. The lowest BCUT2D eigenvalue weighted by molar-refractivity contribution is -0.127. The van der Waals surface area contributed by atoms with Gasteiger partial charge in [-0.05, 0) is 25.3 Å². The van der Waals surface area contributed by atoms with Gasteiger partial charge in [0.25, 0.3) is 0 Å². The third-order valence-corrected chi connectivity index (χ3v) is 6.83. The van der Waals surface area contributed by atoms with Crippen molar-refractivity contribution >= 4 is 42.5 Å². The fourth-order valence-corrected chi connectivity index (χ4v) is 5.10. The number of nitrogens with one attached hydrogen (secondary N) is 1. The van der Waals surface area contributed by atoms with E-state index in [-0.39, 0.29) is 36.3 Å². The minimum Gasteiger partial charge on any atom is -0.352 e. The molecule has 7 heteroatoms. The molecular weight excluding hydrogens is 401 g/mol. The molecule has 2 fully saturated rings. The maximum Gasteiger partial charge on any atom is 0.244 e.